The first kappa shape index (κ1) is 31.9. The molecule has 0 spiro atoms. The predicted octanol–water partition coefficient (Wildman–Crippen LogP) is 4.29. The Balaban J connectivity index is 1.55. The number of phenols is 1. The van der Waals surface area contributed by atoms with Crippen molar-refractivity contribution < 1.29 is 36.6 Å². The lowest BCUT2D eigenvalue weighted by Gasteiger charge is -2.28. The van der Waals surface area contributed by atoms with E-state index in [1.165, 1.54) is 30.3 Å². The highest BCUT2D eigenvalue weighted by atomic mass is 32.2. The van der Waals surface area contributed by atoms with Crippen LogP contribution in [-0.2, 0) is 40.4 Å². The van der Waals surface area contributed by atoms with Gasteiger partial charge in [-0.25, -0.2) is 8.42 Å². The molecule has 3 rings (SSSR count). The summed E-state index contributed by atoms with van der Waals surface area (Å²) >= 11 is 0. The number of amides is 1. The van der Waals surface area contributed by atoms with Gasteiger partial charge in [0, 0.05) is 18.6 Å². The number of hydrogen-bond acceptors (Lipinski definition) is 6. The molecule has 12 heteroatoms. The third-order valence-electron chi connectivity index (χ3n) is 6.22. The van der Waals surface area contributed by atoms with Gasteiger partial charge in [-0.3, -0.25) is 9.52 Å². The maximum absolute atomic E-state index is 12.9. The van der Waals surface area contributed by atoms with Crippen molar-refractivity contribution in [2.75, 3.05) is 17.5 Å². The number of carbonyl (C=O) groups is 1. The summed E-state index contributed by atoms with van der Waals surface area (Å²) in [6, 6.07) is 16.4. The number of aliphatic hydroxyl groups is 1. The maximum atomic E-state index is 12.9. The van der Waals surface area contributed by atoms with E-state index >= 15 is 0 Å². The van der Waals surface area contributed by atoms with E-state index in [2.05, 4.69) is 15.4 Å². The summed E-state index contributed by atoms with van der Waals surface area (Å²) in [5.41, 5.74) is 1.18. The number of halogens is 3. The molecule has 41 heavy (non-hydrogen) atoms. The molecule has 3 aromatic rings. The molecule has 0 heterocycles. The Bertz CT molecular complexity index is 1480. The summed E-state index contributed by atoms with van der Waals surface area (Å²) < 4.78 is 64.0. The molecular weight excluding hydrogens is 559 g/mol. The SMILES string of the molecule is CC(C)(Cc1cccc(CC(=O)NCc2cccc(C(F)(F)F)c2)c1)NC[C@@H](O)c1ccc(O)c(NS(C)(=O)=O)c1. The summed E-state index contributed by atoms with van der Waals surface area (Å²) in [4.78, 5) is 12.5. The van der Waals surface area contributed by atoms with Crippen LogP contribution in [-0.4, -0.2) is 42.9 Å². The monoisotopic (exact) mass is 593 g/mol. The molecule has 0 bridgehead atoms. The second-order valence-electron chi connectivity index (χ2n) is 10.6. The molecule has 8 nitrogen and oxygen atoms in total. The number of aliphatic hydroxyl groups excluding tert-OH is 1. The number of aromatic hydroxyl groups is 1. The lowest BCUT2D eigenvalue weighted by Crippen LogP contribution is -2.43. The standard InChI is InChI=1S/C29H34F3N3O5S/c1-28(2,34-18-26(37)22-10-11-25(36)24(15-22)35-41(3,39)40)16-20-7-4-6-19(12-20)14-27(38)33-17-21-8-5-9-23(13-21)29(30,31)32/h4-13,15,26,34-37H,14,16-18H2,1-3H3,(H,33,38)/t26-/m1/s1. The molecule has 0 unspecified atom stereocenters. The van der Waals surface area contributed by atoms with Gasteiger partial charge in [0.05, 0.1) is 30.0 Å². The Morgan fingerprint density at radius 1 is 0.951 bits per heavy atom. The molecule has 0 aromatic heterocycles. The van der Waals surface area contributed by atoms with Crippen LogP contribution >= 0.6 is 0 Å². The van der Waals surface area contributed by atoms with Crippen molar-refractivity contribution >= 4 is 21.6 Å². The molecule has 1 amide bonds. The molecule has 0 aliphatic rings. The number of sulfonamides is 1. The number of benzene rings is 3. The number of phenolic OH excluding ortho intramolecular Hbond substituents is 1. The first-order valence-corrected chi connectivity index (χ1v) is 14.6. The normalized spacial score (nSPS) is 13.0. The zero-order valence-electron chi connectivity index (χ0n) is 22.9. The van der Waals surface area contributed by atoms with Crippen molar-refractivity contribution in [3.05, 3.63) is 94.5 Å². The lowest BCUT2D eigenvalue weighted by molar-refractivity contribution is -0.137. The fourth-order valence-corrected chi connectivity index (χ4v) is 4.82. The van der Waals surface area contributed by atoms with Crippen molar-refractivity contribution in [1.82, 2.24) is 10.6 Å². The van der Waals surface area contributed by atoms with Crippen molar-refractivity contribution in [3.63, 3.8) is 0 Å². The fraction of sp³-hybridized carbons (Fsp3) is 0.345. The van der Waals surface area contributed by atoms with Gasteiger partial charge in [-0.05, 0) is 66.8 Å². The number of carbonyl (C=O) groups excluding carboxylic acids is 1. The number of β-amino-alcohol motifs (C(OH)–C–C–N with tert-alkyl or cyclic N) is 1. The highest BCUT2D eigenvalue weighted by molar-refractivity contribution is 7.92. The first-order valence-electron chi connectivity index (χ1n) is 12.8. The largest absolute Gasteiger partial charge is 0.506 e. The van der Waals surface area contributed by atoms with Crippen molar-refractivity contribution in [2.45, 2.75) is 51.1 Å². The van der Waals surface area contributed by atoms with Crippen LogP contribution in [0.5, 0.6) is 5.75 Å². The molecule has 0 aliphatic carbocycles. The van der Waals surface area contributed by atoms with Crippen LogP contribution in [0, 0.1) is 0 Å². The molecule has 0 fully saturated rings. The van der Waals surface area contributed by atoms with Crippen LogP contribution < -0.4 is 15.4 Å². The van der Waals surface area contributed by atoms with Crippen molar-refractivity contribution in [2.24, 2.45) is 0 Å². The summed E-state index contributed by atoms with van der Waals surface area (Å²) in [5.74, 6) is -0.581. The highest BCUT2D eigenvalue weighted by Crippen LogP contribution is 2.30. The molecule has 222 valence electrons. The Kier molecular flexibility index (Phi) is 10.1. The maximum Gasteiger partial charge on any atom is 0.416 e. The number of anilines is 1. The van der Waals surface area contributed by atoms with Crippen molar-refractivity contribution in [3.8, 4) is 5.75 Å². The van der Waals surface area contributed by atoms with Crippen LogP contribution in [0.15, 0.2) is 66.7 Å². The van der Waals surface area contributed by atoms with Gasteiger partial charge in [-0.2, -0.15) is 13.2 Å². The van der Waals surface area contributed by atoms with Gasteiger partial charge in [0.1, 0.15) is 5.75 Å². The van der Waals surface area contributed by atoms with Gasteiger partial charge in [0.25, 0.3) is 0 Å². The second-order valence-corrected chi connectivity index (χ2v) is 12.3. The fourth-order valence-electron chi connectivity index (χ4n) is 4.26. The molecule has 5 N–H and O–H groups in total. The van der Waals surface area contributed by atoms with Crippen LogP contribution in [0.25, 0.3) is 0 Å². The number of alkyl halides is 3. The van der Waals surface area contributed by atoms with Crippen LogP contribution in [0.3, 0.4) is 0 Å². The van der Waals surface area contributed by atoms with E-state index in [4.69, 9.17) is 0 Å². The second kappa shape index (κ2) is 12.9. The van der Waals surface area contributed by atoms with E-state index in [1.54, 1.807) is 6.07 Å². The zero-order chi connectivity index (χ0) is 30.4. The summed E-state index contributed by atoms with van der Waals surface area (Å²) in [6.45, 7) is 4.02. The Morgan fingerprint density at radius 3 is 2.29 bits per heavy atom. The van der Waals surface area contributed by atoms with E-state index in [-0.39, 0.29) is 36.9 Å². The van der Waals surface area contributed by atoms with E-state index in [0.29, 0.717) is 17.5 Å². The topological polar surface area (TPSA) is 128 Å². The first-order chi connectivity index (χ1) is 19.0. The van der Waals surface area contributed by atoms with Crippen LogP contribution in [0.4, 0.5) is 18.9 Å². The average Bonchev–Trinajstić information content (AvgIpc) is 2.86. The Labute approximate surface area is 237 Å². The van der Waals surface area contributed by atoms with Gasteiger partial charge >= 0.3 is 6.18 Å². The Hall–Kier alpha value is -3.61. The smallest absolute Gasteiger partial charge is 0.416 e. The predicted molar refractivity (Wildman–Crippen MR) is 151 cm³/mol. The summed E-state index contributed by atoms with van der Waals surface area (Å²) in [6.07, 6.45) is -3.86. The molecular formula is C29H34F3N3O5S. The highest BCUT2D eigenvalue weighted by Gasteiger charge is 2.30. The molecule has 1 atom stereocenters. The molecule has 0 saturated heterocycles. The molecule has 0 aliphatic heterocycles. The van der Waals surface area contributed by atoms with E-state index < -0.39 is 33.4 Å². The number of hydrogen-bond donors (Lipinski definition) is 5. The van der Waals surface area contributed by atoms with E-state index in [0.717, 1.165) is 29.5 Å². The van der Waals surface area contributed by atoms with Gasteiger partial charge in [-0.15, -0.1) is 0 Å². The van der Waals surface area contributed by atoms with Gasteiger partial charge in [0.2, 0.25) is 15.9 Å². The minimum absolute atomic E-state index is 0.0193. The van der Waals surface area contributed by atoms with Crippen LogP contribution in [0.2, 0.25) is 0 Å². The number of nitrogens with one attached hydrogen (secondary N) is 3. The molecule has 0 saturated carbocycles. The minimum atomic E-state index is -4.45. The lowest BCUT2D eigenvalue weighted by atomic mass is 9.93. The zero-order valence-corrected chi connectivity index (χ0v) is 23.7. The molecule has 3 aromatic carbocycles. The molecule has 0 radical (unpaired) electrons. The summed E-state index contributed by atoms with van der Waals surface area (Å²) in [5, 5.41) is 26.5. The third-order valence-corrected chi connectivity index (χ3v) is 6.81. The summed E-state index contributed by atoms with van der Waals surface area (Å²) in [7, 11) is -3.62. The van der Waals surface area contributed by atoms with E-state index in [1.807, 2.05) is 32.0 Å². The van der Waals surface area contributed by atoms with E-state index in [9.17, 15) is 36.6 Å². The quantitative estimate of drug-likeness (QED) is 0.200. The third kappa shape index (κ3) is 10.4. The Morgan fingerprint density at radius 2 is 1.61 bits per heavy atom. The minimum Gasteiger partial charge on any atom is -0.506 e. The number of rotatable bonds is 12. The van der Waals surface area contributed by atoms with Gasteiger partial charge in [-0.1, -0.05) is 42.5 Å². The van der Waals surface area contributed by atoms with Gasteiger partial charge in [0.15, 0.2) is 0 Å². The average molecular weight is 594 g/mol. The van der Waals surface area contributed by atoms with Gasteiger partial charge < -0.3 is 20.8 Å². The van der Waals surface area contributed by atoms with Crippen molar-refractivity contribution in [1.29, 1.82) is 0 Å². The van der Waals surface area contributed by atoms with Crippen LogP contribution in [0.1, 0.15) is 47.8 Å².